The van der Waals surface area contributed by atoms with Crippen molar-refractivity contribution in [2.45, 2.75) is 26.9 Å². The zero-order chi connectivity index (χ0) is 8.59. The minimum absolute atomic E-state index is 0.00579. The number of cyclic esters (lactones) is 1. The molecule has 3 atom stereocenters. The van der Waals surface area contributed by atoms with E-state index in [4.69, 9.17) is 4.74 Å². The van der Waals surface area contributed by atoms with Crippen LogP contribution < -0.4 is 0 Å². The van der Waals surface area contributed by atoms with Gasteiger partial charge in [0.2, 0.25) is 0 Å². The van der Waals surface area contributed by atoms with Gasteiger partial charge in [-0.05, 0) is 13.8 Å². The van der Waals surface area contributed by atoms with Gasteiger partial charge < -0.3 is 4.74 Å². The van der Waals surface area contributed by atoms with E-state index >= 15 is 0 Å². The van der Waals surface area contributed by atoms with Crippen LogP contribution in [-0.4, -0.2) is 17.9 Å². The highest BCUT2D eigenvalue weighted by Gasteiger charge is 2.37. The summed E-state index contributed by atoms with van der Waals surface area (Å²) in [6.07, 6.45) is -0.258. The molecule has 1 aliphatic heterocycles. The summed E-state index contributed by atoms with van der Waals surface area (Å²) in [5, 5.41) is 0. The summed E-state index contributed by atoms with van der Waals surface area (Å²) in [5.41, 5.74) is 0. The second-order valence-corrected chi connectivity index (χ2v) is 3.05. The first-order valence-corrected chi connectivity index (χ1v) is 3.78. The number of carbonyl (C=O) groups is 2. The number of carbonyl (C=O) groups excluding carboxylic acids is 2. The molecule has 1 aliphatic rings. The minimum Gasteiger partial charge on any atom is -0.461 e. The highest BCUT2D eigenvalue weighted by Crippen LogP contribution is 2.21. The van der Waals surface area contributed by atoms with E-state index in [-0.39, 0.29) is 23.8 Å². The van der Waals surface area contributed by atoms with E-state index < -0.39 is 5.92 Å². The zero-order valence-corrected chi connectivity index (χ0v) is 6.96. The molecule has 62 valence electrons. The summed E-state index contributed by atoms with van der Waals surface area (Å²) in [6, 6.07) is 0. The van der Waals surface area contributed by atoms with Gasteiger partial charge in [-0.3, -0.25) is 9.59 Å². The summed E-state index contributed by atoms with van der Waals surface area (Å²) in [7, 11) is 0. The molecular formula is C8H12O3. The third kappa shape index (κ3) is 1.27. The maximum atomic E-state index is 11.2. The molecule has 11 heavy (non-hydrogen) atoms. The van der Waals surface area contributed by atoms with Crippen LogP contribution in [0.3, 0.4) is 0 Å². The topological polar surface area (TPSA) is 43.4 Å². The Morgan fingerprint density at radius 1 is 1.18 bits per heavy atom. The van der Waals surface area contributed by atoms with Gasteiger partial charge >= 0.3 is 5.97 Å². The molecule has 0 radical (unpaired) electrons. The average Bonchev–Trinajstić information content (AvgIpc) is 1.97. The molecule has 0 saturated carbocycles. The van der Waals surface area contributed by atoms with Gasteiger partial charge in [-0.15, -0.1) is 0 Å². The van der Waals surface area contributed by atoms with Crippen LogP contribution >= 0.6 is 0 Å². The molecule has 0 unspecified atom stereocenters. The standard InChI is InChI=1S/C8H12O3/c1-4-6(3)11-8(10)5(2)7(4)9/h4-6H,1-3H3/t4-,5+,6+/m0/s1. The van der Waals surface area contributed by atoms with Crippen LogP contribution in [0.4, 0.5) is 0 Å². The molecule has 1 rings (SSSR count). The van der Waals surface area contributed by atoms with Crippen LogP contribution in [0.1, 0.15) is 20.8 Å². The fourth-order valence-corrected chi connectivity index (χ4v) is 1.13. The van der Waals surface area contributed by atoms with Crippen molar-refractivity contribution in [2.24, 2.45) is 11.8 Å². The van der Waals surface area contributed by atoms with Crippen molar-refractivity contribution in [3.8, 4) is 0 Å². The molecule has 0 aliphatic carbocycles. The summed E-state index contributed by atoms with van der Waals surface area (Å²) in [6.45, 7) is 5.12. The van der Waals surface area contributed by atoms with Gasteiger partial charge in [-0.25, -0.2) is 0 Å². The quantitative estimate of drug-likeness (QED) is 0.384. The maximum Gasteiger partial charge on any atom is 0.316 e. The van der Waals surface area contributed by atoms with Gasteiger partial charge in [-0.1, -0.05) is 6.92 Å². The molecule has 0 N–H and O–H groups in total. The van der Waals surface area contributed by atoms with Gasteiger partial charge in [0.05, 0.1) is 5.92 Å². The Hall–Kier alpha value is -0.860. The molecule has 1 heterocycles. The monoisotopic (exact) mass is 156 g/mol. The first-order chi connectivity index (χ1) is 5.04. The van der Waals surface area contributed by atoms with E-state index in [9.17, 15) is 9.59 Å². The Kier molecular flexibility index (Phi) is 1.98. The Morgan fingerprint density at radius 2 is 1.73 bits per heavy atom. The molecule has 0 aromatic heterocycles. The molecule has 0 amide bonds. The lowest BCUT2D eigenvalue weighted by Crippen LogP contribution is -2.42. The number of rotatable bonds is 0. The fourth-order valence-electron chi connectivity index (χ4n) is 1.13. The third-order valence-electron chi connectivity index (χ3n) is 2.24. The second-order valence-electron chi connectivity index (χ2n) is 3.05. The molecule has 0 aromatic carbocycles. The smallest absolute Gasteiger partial charge is 0.316 e. The SMILES string of the molecule is C[C@H]1C(=O)O[C@H](C)[C@H](C)C1=O. The van der Waals surface area contributed by atoms with E-state index in [2.05, 4.69) is 0 Å². The van der Waals surface area contributed by atoms with Crippen molar-refractivity contribution < 1.29 is 14.3 Å². The van der Waals surface area contributed by atoms with E-state index in [1.165, 1.54) is 0 Å². The molecule has 0 spiro atoms. The number of Topliss-reactive ketones (excluding diaryl/α,β-unsaturated/α-hetero) is 1. The summed E-state index contributed by atoms with van der Waals surface area (Å²) < 4.78 is 4.92. The van der Waals surface area contributed by atoms with Crippen molar-refractivity contribution in [2.75, 3.05) is 0 Å². The predicted octanol–water partition coefficient (Wildman–Crippen LogP) is 0.773. The molecule has 3 nitrogen and oxygen atoms in total. The maximum absolute atomic E-state index is 11.2. The lowest BCUT2D eigenvalue weighted by Gasteiger charge is -2.27. The van der Waals surface area contributed by atoms with Crippen molar-refractivity contribution in [1.29, 1.82) is 0 Å². The highest BCUT2D eigenvalue weighted by atomic mass is 16.5. The summed E-state index contributed by atoms with van der Waals surface area (Å²) in [5.74, 6) is -1.11. The number of ketones is 1. The van der Waals surface area contributed by atoms with Gasteiger partial charge in [0.25, 0.3) is 0 Å². The summed E-state index contributed by atoms with van der Waals surface area (Å²) in [4.78, 5) is 22.2. The van der Waals surface area contributed by atoms with E-state index in [1.807, 2.05) is 0 Å². The van der Waals surface area contributed by atoms with Crippen molar-refractivity contribution in [3.05, 3.63) is 0 Å². The van der Waals surface area contributed by atoms with Crippen molar-refractivity contribution >= 4 is 11.8 Å². The van der Waals surface area contributed by atoms with Gasteiger partial charge in [-0.2, -0.15) is 0 Å². The molecule has 3 heteroatoms. The number of hydrogen-bond acceptors (Lipinski definition) is 3. The highest BCUT2D eigenvalue weighted by molar-refractivity contribution is 6.01. The largest absolute Gasteiger partial charge is 0.461 e. The van der Waals surface area contributed by atoms with Crippen LogP contribution in [0.2, 0.25) is 0 Å². The first kappa shape index (κ1) is 8.24. The van der Waals surface area contributed by atoms with Crippen LogP contribution in [-0.2, 0) is 14.3 Å². The zero-order valence-electron chi connectivity index (χ0n) is 6.96. The lowest BCUT2D eigenvalue weighted by molar-refractivity contribution is -0.167. The number of hydrogen-bond donors (Lipinski definition) is 0. The van der Waals surface area contributed by atoms with Gasteiger partial charge in [0.1, 0.15) is 12.0 Å². The number of ether oxygens (including phenoxy) is 1. The predicted molar refractivity (Wildman–Crippen MR) is 38.9 cm³/mol. The fraction of sp³-hybridized carbons (Fsp3) is 0.750. The van der Waals surface area contributed by atoms with Crippen LogP contribution in [0.25, 0.3) is 0 Å². The normalized spacial score (nSPS) is 38.6. The van der Waals surface area contributed by atoms with Gasteiger partial charge in [0.15, 0.2) is 5.78 Å². The lowest BCUT2D eigenvalue weighted by atomic mass is 9.89. The molecular weight excluding hydrogens is 144 g/mol. The van der Waals surface area contributed by atoms with E-state index in [1.54, 1.807) is 20.8 Å². The summed E-state index contributed by atoms with van der Waals surface area (Å²) >= 11 is 0. The molecule has 1 saturated heterocycles. The minimum atomic E-state index is -0.568. The molecule has 0 bridgehead atoms. The molecule has 0 aromatic rings. The van der Waals surface area contributed by atoms with Crippen LogP contribution in [0.5, 0.6) is 0 Å². The molecule has 1 fully saturated rings. The van der Waals surface area contributed by atoms with Gasteiger partial charge in [0, 0.05) is 0 Å². The third-order valence-corrected chi connectivity index (χ3v) is 2.24. The van der Waals surface area contributed by atoms with Crippen LogP contribution in [0.15, 0.2) is 0 Å². The van der Waals surface area contributed by atoms with E-state index in [0.717, 1.165) is 0 Å². The van der Waals surface area contributed by atoms with Crippen molar-refractivity contribution in [3.63, 3.8) is 0 Å². The first-order valence-electron chi connectivity index (χ1n) is 3.78. The average molecular weight is 156 g/mol. The Morgan fingerprint density at radius 3 is 2.27 bits per heavy atom. The van der Waals surface area contributed by atoms with E-state index in [0.29, 0.717) is 0 Å². The second kappa shape index (κ2) is 2.64. The van der Waals surface area contributed by atoms with Crippen LogP contribution in [0, 0.1) is 11.8 Å². The Labute approximate surface area is 65.7 Å². The Balaban J connectivity index is 2.79. The number of esters is 1. The van der Waals surface area contributed by atoms with Crippen molar-refractivity contribution in [1.82, 2.24) is 0 Å². The Bertz CT molecular complexity index is 198.